The molecule has 132 valence electrons. The summed E-state index contributed by atoms with van der Waals surface area (Å²) in [7, 11) is 1.20. The van der Waals surface area contributed by atoms with Gasteiger partial charge in [-0.25, -0.2) is 14.2 Å². The molecule has 0 saturated carbocycles. The summed E-state index contributed by atoms with van der Waals surface area (Å²) in [5, 5.41) is 0.0983. The van der Waals surface area contributed by atoms with Crippen molar-refractivity contribution in [2.24, 2.45) is 0 Å². The van der Waals surface area contributed by atoms with Gasteiger partial charge in [0.1, 0.15) is 5.82 Å². The van der Waals surface area contributed by atoms with Gasteiger partial charge in [-0.05, 0) is 19.1 Å². The number of aromatic nitrogens is 1. The predicted octanol–water partition coefficient (Wildman–Crippen LogP) is 4.79. The van der Waals surface area contributed by atoms with Gasteiger partial charge >= 0.3 is 5.97 Å². The normalized spacial score (nSPS) is 10.6. The molecule has 26 heavy (non-hydrogen) atoms. The third kappa shape index (κ3) is 3.23. The smallest absolute Gasteiger partial charge is 0.360 e. The van der Waals surface area contributed by atoms with Gasteiger partial charge < -0.3 is 9.15 Å². The standard InChI is InChI=1S/C19H13ClFNO4/c1-10(23)11-6-8-12(9-7-11)17-16(19(24)25-2)22-18(26-17)15-13(20)4-3-5-14(15)21/h3-9H,1-2H3. The number of oxazole rings is 1. The van der Waals surface area contributed by atoms with Crippen LogP contribution in [0.25, 0.3) is 22.8 Å². The first-order valence-corrected chi connectivity index (χ1v) is 7.95. The number of ether oxygens (including phenoxy) is 1. The molecule has 0 aliphatic carbocycles. The summed E-state index contributed by atoms with van der Waals surface area (Å²) in [5.41, 5.74) is 0.829. The van der Waals surface area contributed by atoms with Crippen LogP contribution in [0.15, 0.2) is 46.9 Å². The Labute approximate surface area is 153 Å². The summed E-state index contributed by atoms with van der Waals surface area (Å²) in [6.07, 6.45) is 0. The van der Waals surface area contributed by atoms with Gasteiger partial charge in [0.25, 0.3) is 0 Å². The maximum Gasteiger partial charge on any atom is 0.360 e. The number of halogens is 2. The summed E-state index contributed by atoms with van der Waals surface area (Å²) in [6, 6.07) is 10.6. The van der Waals surface area contributed by atoms with E-state index in [1.165, 1.54) is 32.2 Å². The minimum Gasteiger partial charge on any atom is -0.464 e. The highest BCUT2D eigenvalue weighted by Crippen LogP contribution is 2.35. The second-order valence-corrected chi connectivity index (χ2v) is 5.83. The van der Waals surface area contributed by atoms with E-state index in [-0.39, 0.29) is 33.7 Å². The second-order valence-electron chi connectivity index (χ2n) is 5.42. The van der Waals surface area contributed by atoms with Crippen molar-refractivity contribution in [3.05, 3.63) is 64.6 Å². The molecule has 0 radical (unpaired) electrons. The number of methoxy groups -OCH3 is 1. The van der Waals surface area contributed by atoms with E-state index in [1.54, 1.807) is 24.3 Å². The van der Waals surface area contributed by atoms with Crippen LogP contribution >= 0.6 is 11.6 Å². The largest absolute Gasteiger partial charge is 0.464 e. The lowest BCUT2D eigenvalue weighted by atomic mass is 10.1. The lowest BCUT2D eigenvalue weighted by molar-refractivity contribution is 0.0595. The Bertz CT molecular complexity index is 975. The summed E-state index contributed by atoms with van der Waals surface area (Å²) >= 11 is 6.05. The molecule has 3 aromatic rings. The van der Waals surface area contributed by atoms with Crippen LogP contribution in [0.5, 0.6) is 0 Å². The lowest BCUT2D eigenvalue weighted by Gasteiger charge is -2.02. The maximum absolute atomic E-state index is 14.2. The monoisotopic (exact) mass is 373 g/mol. The van der Waals surface area contributed by atoms with Gasteiger partial charge in [0.2, 0.25) is 5.89 Å². The predicted molar refractivity (Wildman–Crippen MR) is 93.7 cm³/mol. The number of hydrogen-bond donors (Lipinski definition) is 0. The molecule has 0 spiro atoms. The third-order valence-electron chi connectivity index (χ3n) is 3.74. The zero-order valence-electron chi connectivity index (χ0n) is 13.9. The minimum atomic E-state index is -0.738. The fraction of sp³-hybridized carbons (Fsp3) is 0.105. The molecule has 1 aromatic heterocycles. The van der Waals surface area contributed by atoms with Gasteiger partial charge in [-0.2, -0.15) is 0 Å². The van der Waals surface area contributed by atoms with Crippen molar-refractivity contribution < 1.29 is 23.1 Å². The molecule has 5 nitrogen and oxygen atoms in total. The fourth-order valence-electron chi connectivity index (χ4n) is 2.42. The average Bonchev–Trinajstić information content (AvgIpc) is 3.06. The molecule has 2 aromatic carbocycles. The summed E-state index contributed by atoms with van der Waals surface area (Å²) in [5.74, 6) is -1.51. The van der Waals surface area contributed by atoms with Gasteiger partial charge in [-0.1, -0.05) is 41.9 Å². The molecule has 0 bridgehead atoms. The molecule has 1 heterocycles. The molecule has 3 rings (SSSR count). The lowest BCUT2D eigenvalue weighted by Crippen LogP contribution is -2.03. The van der Waals surface area contributed by atoms with Crippen molar-refractivity contribution >= 4 is 23.4 Å². The fourth-order valence-corrected chi connectivity index (χ4v) is 2.66. The summed E-state index contributed by atoms with van der Waals surface area (Å²) in [4.78, 5) is 27.6. The molecule has 0 aliphatic rings. The molecule has 7 heteroatoms. The maximum atomic E-state index is 14.2. The number of carbonyl (C=O) groups is 2. The number of carbonyl (C=O) groups excluding carboxylic acids is 2. The van der Waals surface area contributed by atoms with Gasteiger partial charge in [0, 0.05) is 11.1 Å². The van der Waals surface area contributed by atoms with E-state index in [9.17, 15) is 14.0 Å². The zero-order valence-corrected chi connectivity index (χ0v) is 14.6. The Morgan fingerprint density at radius 1 is 1.15 bits per heavy atom. The molecular weight excluding hydrogens is 361 g/mol. The van der Waals surface area contributed by atoms with Crippen LogP contribution in [0.1, 0.15) is 27.8 Å². The zero-order chi connectivity index (χ0) is 18.8. The van der Waals surface area contributed by atoms with Crippen LogP contribution in [0.2, 0.25) is 5.02 Å². The van der Waals surface area contributed by atoms with E-state index in [4.69, 9.17) is 20.8 Å². The molecule has 0 saturated heterocycles. The molecule has 0 N–H and O–H groups in total. The molecular formula is C19H13ClFNO4. The van der Waals surface area contributed by atoms with Gasteiger partial charge in [-0.15, -0.1) is 0 Å². The summed E-state index contributed by atoms with van der Waals surface area (Å²) in [6.45, 7) is 1.45. The quantitative estimate of drug-likeness (QED) is 0.485. The highest BCUT2D eigenvalue weighted by atomic mass is 35.5. The first-order valence-electron chi connectivity index (χ1n) is 7.57. The number of esters is 1. The number of Topliss-reactive ketones (excluding diaryl/α,β-unsaturated/α-hetero) is 1. The highest BCUT2D eigenvalue weighted by Gasteiger charge is 2.25. The topological polar surface area (TPSA) is 69.4 Å². The molecule has 0 unspecified atom stereocenters. The van der Waals surface area contributed by atoms with Crippen LogP contribution in [0, 0.1) is 5.82 Å². The van der Waals surface area contributed by atoms with E-state index in [0.29, 0.717) is 11.1 Å². The number of benzene rings is 2. The third-order valence-corrected chi connectivity index (χ3v) is 4.05. The Kier molecular flexibility index (Phi) is 4.86. The first kappa shape index (κ1) is 17.8. The Balaban J connectivity index is 2.17. The van der Waals surface area contributed by atoms with Crippen molar-refractivity contribution in [2.75, 3.05) is 7.11 Å². The number of nitrogens with zero attached hydrogens (tertiary/aromatic N) is 1. The van der Waals surface area contributed by atoms with Crippen molar-refractivity contribution in [1.82, 2.24) is 4.98 Å². The Hall–Kier alpha value is -2.99. The van der Waals surface area contributed by atoms with Crippen LogP contribution in [0.3, 0.4) is 0 Å². The van der Waals surface area contributed by atoms with Crippen LogP contribution in [-0.4, -0.2) is 23.8 Å². The van der Waals surface area contributed by atoms with E-state index in [1.807, 2.05) is 0 Å². The van der Waals surface area contributed by atoms with Crippen molar-refractivity contribution in [3.8, 4) is 22.8 Å². The van der Waals surface area contributed by atoms with Crippen molar-refractivity contribution in [3.63, 3.8) is 0 Å². The van der Waals surface area contributed by atoms with E-state index in [0.717, 1.165) is 0 Å². The molecule has 0 amide bonds. The van der Waals surface area contributed by atoms with E-state index >= 15 is 0 Å². The average molecular weight is 374 g/mol. The van der Waals surface area contributed by atoms with E-state index < -0.39 is 11.8 Å². The number of rotatable bonds is 4. The molecule has 0 aliphatic heterocycles. The number of hydrogen-bond acceptors (Lipinski definition) is 5. The SMILES string of the molecule is COC(=O)c1nc(-c2c(F)cccc2Cl)oc1-c1ccc(C(C)=O)cc1. The van der Waals surface area contributed by atoms with E-state index in [2.05, 4.69) is 4.98 Å². The minimum absolute atomic E-state index is 0.0501. The van der Waals surface area contributed by atoms with Gasteiger partial charge in [-0.3, -0.25) is 4.79 Å². The van der Waals surface area contributed by atoms with Crippen LogP contribution < -0.4 is 0 Å². The van der Waals surface area contributed by atoms with Gasteiger partial charge in [0.05, 0.1) is 17.7 Å². The Morgan fingerprint density at radius 2 is 1.85 bits per heavy atom. The summed E-state index contributed by atoms with van der Waals surface area (Å²) < 4.78 is 24.5. The van der Waals surface area contributed by atoms with Crippen molar-refractivity contribution in [2.45, 2.75) is 6.92 Å². The first-order chi connectivity index (χ1) is 12.4. The Morgan fingerprint density at radius 3 is 2.42 bits per heavy atom. The molecule has 0 fully saturated rings. The van der Waals surface area contributed by atoms with Crippen LogP contribution in [0.4, 0.5) is 4.39 Å². The van der Waals surface area contributed by atoms with Crippen molar-refractivity contribution in [1.29, 1.82) is 0 Å². The molecule has 0 atom stereocenters. The number of ketones is 1. The highest BCUT2D eigenvalue weighted by molar-refractivity contribution is 6.33. The van der Waals surface area contributed by atoms with Gasteiger partial charge in [0.15, 0.2) is 17.2 Å². The second kappa shape index (κ2) is 7.09. The van der Waals surface area contributed by atoms with Crippen LogP contribution in [-0.2, 0) is 4.74 Å².